The zero-order valence-corrected chi connectivity index (χ0v) is 19.1. The lowest BCUT2D eigenvalue weighted by molar-refractivity contribution is 0.0529. The van der Waals surface area contributed by atoms with Gasteiger partial charge in [0.2, 0.25) is 0 Å². The highest BCUT2D eigenvalue weighted by Gasteiger charge is 2.25. The van der Waals surface area contributed by atoms with Crippen molar-refractivity contribution < 1.29 is 9.53 Å². The zero-order valence-electron chi connectivity index (χ0n) is 17.5. The molecule has 3 aromatic rings. The van der Waals surface area contributed by atoms with Crippen LogP contribution in [0.4, 0.5) is 10.7 Å². The van der Waals surface area contributed by atoms with Crippen LogP contribution in [0.15, 0.2) is 64.7 Å². The first kappa shape index (κ1) is 22.5. The molecule has 6 nitrogen and oxygen atoms in total. The largest absolute Gasteiger partial charge is 0.462 e. The van der Waals surface area contributed by atoms with Crippen LogP contribution in [0.2, 0.25) is 5.02 Å². The van der Waals surface area contributed by atoms with Gasteiger partial charge in [0, 0.05) is 24.7 Å². The van der Waals surface area contributed by atoms with Crippen molar-refractivity contribution in [2.24, 2.45) is 10.1 Å². The fraction of sp³-hybridized carbons (Fsp3) is 0.174. The number of hydrogen-bond acceptors (Lipinski definition) is 6. The molecule has 8 heteroatoms. The Kier molecular flexibility index (Phi) is 7.81. The molecule has 0 fully saturated rings. The second-order valence-electron chi connectivity index (χ2n) is 6.69. The second-order valence-corrected chi connectivity index (χ2v) is 8.16. The molecule has 160 valence electrons. The van der Waals surface area contributed by atoms with Crippen LogP contribution < -0.4 is 5.43 Å². The fourth-order valence-electron chi connectivity index (χ4n) is 2.76. The Balaban J connectivity index is 2.11. The number of anilines is 1. The van der Waals surface area contributed by atoms with Crippen LogP contribution in [0.3, 0.4) is 0 Å². The van der Waals surface area contributed by atoms with E-state index < -0.39 is 5.97 Å². The molecule has 3 rings (SSSR count). The molecule has 0 aliphatic rings. The molecule has 2 aromatic carbocycles. The number of para-hydroxylation sites is 1. The van der Waals surface area contributed by atoms with E-state index >= 15 is 0 Å². The first-order valence-corrected chi connectivity index (χ1v) is 10.8. The van der Waals surface area contributed by atoms with Gasteiger partial charge in [0.1, 0.15) is 10.6 Å². The Bertz CT molecular complexity index is 1080. The highest BCUT2D eigenvalue weighted by Crippen LogP contribution is 2.42. The van der Waals surface area contributed by atoms with Gasteiger partial charge in [-0.3, -0.25) is 5.43 Å². The van der Waals surface area contributed by atoms with Gasteiger partial charge in [-0.2, -0.15) is 5.10 Å². The first-order valence-electron chi connectivity index (χ1n) is 9.64. The fourth-order valence-corrected chi connectivity index (χ4v) is 3.91. The number of rotatable bonds is 8. The third-order valence-corrected chi connectivity index (χ3v) is 5.37. The van der Waals surface area contributed by atoms with Crippen LogP contribution in [0.5, 0.6) is 0 Å². The predicted octanol–water partition coefficient (Wildman–Crippen LogP) is 5.91. The summed E-state index contributed by atoms with van der Waals surface area (Å²) < 4.78 is 5.34. The highest BCUT2D eigenvalue weighted by molar-refractivity contribution is 7.18. The number of carbonyl (C=O) groups is 1. The lowest BCUT2D eigenvalue weighted by Crippen LogP contribution is -2.08. The Morgan fingerprint density at radius 3 is 2.52 bits per heavy atom. The molecule has 1 heterocycles. The molecule has 0 radical (unpaired) electrons. The maximum atomic E-state index is 12.9. The van der Waals surface area contributed by atoms with Gasteiger partial charge in [0.05, 0.1) is 29.7 Å². The van der Waals surface area contributed by atoms with Gasteiger partial charge in [0.15, 0.2) is 0 Å². The Labute approximate surface area is 190 Å². The van der Waals surface area contributed by atoms with Gasteiger partial charge >= 0.3 is 5.97 Å². The van der Waals surface area contributed by atoms with E-state index in [1.165, 1.54) is 11.3 Å². The summed E-state index contributed by atoms with van der Waals surface area (Å²) in [5.74, 6) is -0.426. The summed E-state index contributed by atoms with van der Waals surface area (Å²) in [5, 5.41) is 5.53. The van der Waals surface area contributed by atoms with Gasteiger partial charge in [-0.1, -0.05) is 41.9 Å². The van der Waals surface area contributed by atoms with Crippen LogP contribution in [0.25, 0.3) is 11.1 Å². The number of thiophene rings is 1. The minimum atomic E-state index is -0.426. The van der Waals surface area contributed by atoms with Crippen molar-refractivity contribution in [2.45, 2.75) is 6.92 Å². The monoisotopic (exact) mass is 454 g/mol. The molecule has 0 spiro atoms. The summed E-state index contributed by atoms with van der Waals surface area (Å²) in [5.41, 5.74) is 5.82. The van der Waals surface area contributed by atoms with Crippen LogP contribution in [0.1, 0.15) is 22.2 Å². The molecule has 0 saturated carbocycles. The maximum Gasteiger partial charge on any atom is 0.341 e. The van der Waals surface area contributed by atoms with Crippen LogP contribution in [0, 0.1) is 0 Å². The summed E-state index contributed by atoms with van der Waals surface area (Å²) >= 11 is 7.45. The van der Waals surface area contributed by atoms with E-state index in [2.05, 4.69) is 15.5 Å². The molecule has 1 aromatic heterocycles. The Hall–Kier alpha value is -3.16. The van der Waals surface area contributed by atoms with Gasteiger partial charge in [-0.25, -0.2) is 9.79 Å². The van der Waals surface area contributed by atoms with E-state index in [-0.39, 0.29) is 6.61 Å². The minimum absolute atomic E-state index is 0.268. The van der Waals surface area contributed by atoms with Crippen LogP contribution >= 0.6 is 22.9 Å². The van der Waals surface area contributed by atoms with Crippen molar-refractivity contribution in [3.05, 3.63) is 70.1 Å². The molecule has 0 bridgehead atoms. The van der Waals surface area contributed by atoms with Gasteiger partial charge in [0.25, 0.3) is 0 Å². The standard InChI is InChI=1S/C23H23ClN4O2S/c1-4-30-23(29)21-20(16-10-12-17(24)13-11-16)19(31-22(21)25-15-28(2)3)14-26-27-18-8-6-5-7-9-18/h5-15,27H,4H2,1-3H3/b25-15?,26-14-. The summed E-state index contributed by atoms with van der Waals surface area (Å²) in [6.07, 6.45) is 3.35. The smallest absolute Gasteiger partial charge is 0.341 e. The molecule has 0 aliphatic carbocycles. The molecule has 0 unspecified atom stereocenters. The molecular weight excluding hydrogens is 432 g/mol. The average Bonchev–Trinajstić information content (AvgIpc) is 3.12. The van der Waals surface area contributed by atoms with E-state index in [1.54, 1.807) is 36.5 Å². The molecule has 0 amide bonds. The second kappa shape index (κ2) is 10.7. The molecule has 31 heavy (non-hydrogen) atoms. The van der Waals surface area contributed by atoms with E-state index in [9.17, 15) is 4.79 Å². The number of benzene rings is 2. The lowest BCUT2D eigenvalue weighted by Gasteiger charge is -2.08. The quantitative estimate of drug-likeness (QED) is 0.199. The zero-order chi connectivity index (χ0) is 22.2. The number of halogens is 1. The number of hydrogen-bond donors (Lipinski definition) is 1. The maximum absolute atomic E-state index is 12.9. The number of hydrazone groups is 1. The van der Waals surface area contributed by atoms with Crippen molar-refractivity contribution >= 4 is 52.1 Å². The summed E-state index contributed by atoms with van der Waals surface area (Å²) in [6, 6.07) is 16.9. The highest BCUT2D eigenvalue weighted by atomic mass is 35.5. The third kappa shape index (κ3) is 5.93. The number of nitrogens with zero attached hydrogens (tertiary/aromatic N) is 3. The number of carbonyl (C=O) groups excluding carboxylic acids is 1. The number of esters is 1. The summed E-state index contributed by atoms with van der Waals surface area (Å²) in [7, 11) is 3.74. The number of ether oxygens (including phenoxy) is 1. The van der Waals surface area contributed by atoms with Gasteiger partial charge in [-0.15, -0.1) is 11.3 Å². The van der Waals surface area contributed by atoms with Gasteiger partial charge in [-0.05, 0) is 36.8 Å². The summed E-state index contributed by atoms with van der Waals surface area (Å²) in [6.45, 7) is 2.05. The van der Waals surface area contributed by atoms with Crippen molar-refractivity contribution in [1.29, 1.82) is 0 Å². The van der Waals surface area contributed by atoms with E-state index in [4.69, 9.17) is 16.3 Å². The topological polar surface area (TPSA) is 66.3 Å². The Morgan fingerprint density at radius 1 is 1.16 bits per heavy atom. The van der Waals surface area contributed by atoms with Crippen molar-refractivity contribution in [3.8, 4) is 11.1 Å². The molecule has 0 aliphatic heterocycles. The molecule has 0 atom stereocenters. The third-order valence-electron chi connectivity index (χ3n) is 4.08. The SMILES string of the molecule is CCOC(=O)c1c(N=CN(C)C)sc(/C=N\Nc2ccccc2)c1-c1ccc(Cl)cc1. The Morgan fingerprint density at radius 2 is 1.87 bits per heavy atom. The van der Waals surface area contributed by atoms with Crippen molar-refractivity contribution in [1.82, 2.24) is 4.90 Å². The van der Waals surface area contributed by atoms with E-state index in [0.717, 1.165) is 16.1 Å². The number of aliphatic imine (C=N–C) groups is 1. The molecule has 1 N–H and O–H groups in total. The first-order chi connectivity index (χ1) is 15.0. The van der Waals surface area contributed by atoms with Crippen LogP contribution in [-0.2, 0) is 4.74 Å². The molecule has 0 saturated heterocycles. The summed E-state index contributed by atoms with van der Waals surface area (Å²) in [4.78, 5) is 20.0. The van der Waals surface area contributed by atoms with Gasteiger partial charge < -0.3 is 9.64 Å². The van der Waals surface area contributed by atoms with Crippen molar-refractivity contribution in [2.75, 3.05) is 26.1 Å². The normalized spacial score (nSPS) is 11.2. The van der Waals surface area contributed by atoms with Crippen molar-refractivity contribution in [3.63, 3.8) is 0 Å². The molecular formula is C23H23ClN4O2S. The lowest BCUT2D eigenvalue weighted by atomic mass is 10.0. The van der Waals surface area contributed by atoms with E-state index in [0.29, 0.717) is 21.2 Å². The predicted molar refractivity (Wildman–Crippen MR) is 130 cm³/mol. The van der Waals surface area contributed by atoms with Crippen LogP contribution in [-0.4, -0.2) is 44.1 Å². The average molecular weight is 455 g/mol. The minimum Gasteiger partial charge on any atom is -0.462 e. The number of nitrogens with one attached hydrogen (secondary N) is 1. The van der Waals surface area contributed by atoms with E-state index in [1.807, 2.05) is 56.6 Å².